The van der Waals surface area contributed by atoms with Gasteiger partial charge < -0.3 is 10.1 Å². The standard InChI is InChI=1S/C21H21N3O4/c1-15-7-8-18-23-17(12-20(26)24(18)13-15)14-28-21(27)9-10-22-19(25)11-16-5-3-2-4-6-16/h2-8,12-13H,9-11,14H2,1H3,(H,22,25). The molecule has 144 valence electrons. The van der Waals surface area contributed by atoms with Gasteiger partial charge >= 0.3 is 5.97 Å². The number of nitrogens with one attached hydrogen (secondary N) is 1. The number of nitrogens with zero attached hydrogens (tertiary/aromatic N) is 2. The van der Waals surface area contributed by atoms with Gasteiger partial charge in [0.05, 0.1) is 18.5 Å². The van der Waals surface area contributed by atoms with Crippen molar-refractivity contribution in [2.24, 2.45) is 0 Å². The van der Waals surface area contributed by atoms with Gasteiger partial charge in [0.2, 0.25) is 5.91 Å². The third-order valence-corrected chi connectivity index (χ3v) is 4.10. The second-order valence-electron chi connectivity index (χ2n) is 6.44. The van der Waals surface area contributed by atoms with Crippen molar-refractivity contribution in [3.63, 3.8) is 0 Å². The zero-order valence-electron chi connectivity index (χ0n) is 15.6. The van der Waals surface area contributed by atoms with Crippen LogP contribution in [0, 0.1) is 6.92 Å². The quantitative estimate of drug-likeness (QED) is 0.632. The normalized spacial score (nSPS) is 10.6. The van der Waals surface area contributed by atoms with Crippen LogP contribution in [-0.2, 0) is 27.4 Å². The molecule has 1 amide bonds. The Morgan fingerprint density at radius 3 is 2.71 bits per heavy atom. The lowest BCUT2D eigenvalue weighted by molar-refractivity contribution is -0.145. The van der Waals surface area contributed by atoms with E-state index in [9.17, 15) is 14.4 Å². The summed E-state index contributed by atoms with van der Waals surface area (Å²) in [5, 5.41) is 2.69. The van der Waals surface area contributed by atoms with Crippen molar-refractivity contribution in [3.8, 4) is 0 Å². The Morgan fingerprint density at radius 1 is 1.14 bits per heavy atom. The SMILES string of the molecule is Cc1ccc2nc(COC(=O)CCNC(=O)Cc3ccccc3)cc(=O)n2c1. The fourth-order valence-electron chi connectivity index (χ4n) is 2.71. The maximum absolute atomic E-state index is 12.1. The molecule has 2 heterocycles. The van der Waals surface area contributed by atoms with Crippen molar-refractivity contribution in [3.05, 3.63) is 81.9 Å². The Bertz CT molecular complexity index is 1040. The van der Waals surface area contributed by atoms with Gasteiger partial charge in [-0.2, -0.15) is 0 Å². The summed E-state index contributed by atoms with van der Waals surface area (Å²) in [5.41, 5.74) is 2.51. The molecule has 0 atom stereocenters. The van der Waals surface area contributed by atoms with E-state index in [4.69, 9.17) is 4.74 Å². The highest BCUT2D eigenvalue weighted by atomic mass is 16.5. The van der Waals surface area contributed by atoms with Crippen molar-refractivity contribution >= 4 is 17.5 Å². The van der Waals surface area contributed by atoms with Crippen LogP contribution in [0.5, 0.6) is 0 Å². The van der Waals surface area contributed by atoms with Gasteiger partial charge in [0.15, 0.2) is 0 Å². The number of hydrogen-bond acceptors (Lipinski definition) is 5. The molecule has 0 aliphatic carbocycles. The molecular weight excluding hydrogens is 358 g/mol. The fraction of sp³-hybridized carbons (Fsp3) is 0.238. The molecule has 3 aromatic rings. The maximum atomic E-state index is 12.1. The number of aryl methyl sites for hydroxylation is 1. The minimum absolute atomic E-state index is 0.0479. The second kappa shape index (κ2) is 8.94. The monoisotopic (exact) mass is 379 g/mol. The van der Waals surface area contributed by atoms with Gasteiger partial charge in [-0.3, -0.25) is 18.8 Å². The van der Waals surface area contributed by atoms with Crippen molar-refractivity contribution in [1.82, 2.24) is 14.7 Å². The number of rotatable bonds is 7. The van der Waals surface area contributed by atoms with Crippen molar-refractivity contribution in [2.75, 3.05) is 6.54 Å². The first-order valence-electron chi connectivity index (χ1n) is 8.96. The number of carbonyl (C=O) groups is 2. The molecular formula is C21H21N3O4. The summed E-state index contributed by atoms with van der Waals surface area (Å²) in [6.07, 6.45) is 2.02. The zero-order valence-corrected chi connectivity index (χ0v) is 15.6. The molecule has 28 heavy (non-hydrogen) atoms. The zero-order chi connectivity index (χ0) is 19.9. The van der Waals surface area contributed by atoms with Crippen LogP contribution in [0.15, 0.2) is 59.5 Å². The maximum Gasteiger partial charge on any atom is 0.307 e. The van der Waals surface area contributed by atoms with Gasteiger partial charge in [0.25, 0.3) is 5.56 Å². The smallest absolute Gasteiger partial charge is 0.307 e. The summed E-state index contributed by atoms with van der Waals surface area (Å²) in [5.74, 6) is -0.621. The molecule has 1 aromatic carbocycles. The first-order valence-corrected chi connectivity index (χ1v) is 8.96. The molecule has 7 heteroatoms. The molecule has 2 aromatic heterocycles. The molecule has 0 aliphatic heterocycles. The molecule has 0 bridgehead atoms. The average Bonchev–Trinajstić information content (AvgIpc) is 2.68. The van der Waals surface area contributed by atoms with E-state index in [0.29, 0.717) is 11.3 Å². The Morgan fingerprint density at radius 2 is 1.93 bits per heavy atom. The predicted molar refractivity (Wildman–Crippen MR) is 104 cm³/mol. The van der Waals surface area contributed by atoms with E-state index >= 15 is 0 Å². The van der Waals surface area contributed by atoms with E-state index < -0.39 is 5.97 Å². The highest BCUT2D eigenvalue weighted by Gasteiger charge is 2.08. The molecule has 0 saturated carbocycles. The largest absolute Gasteiger partial charge is 0.459 e. The van der Waals surface area contributed by atoms with Crippen LogP contribution in [0.2, 0.25) is 0 Å². The van der Waals surface area contributed by atoms with Gasteiger partial charge in [-0.25, -0.2) is 4.98 Å². The van der Waals surface area contributed by atoms with E-state index in [2.05, 4.69) is 10.3 Å². The Kier molecular flexibility index (Phi) is 6.16. The summed E-state index contributed by atoms with van der Waals surface area (Å²) < 4.78 is 6.60. The van der Waals surface area contributed by atoms with Crippen LogP contribution in [0.4, 0.5) is 0 Å². The Hall–Kier alpha value is -3.48. The van der Waals surface area contributed by atoms with Gasteiger partial charge in [0, 0.05) is 18.8 Å². The molecule has 0 saturated heterocycles. The van der Waals surface area contributed by atoms with Crippen molar-refractivity contribution < 1.29 is 14.3 Å². The molecule has 0 spiro atoms. The van der Waals surface area contributed by atoms with Crippen molar-refractivity contribution in [2.45, 2.75) is 26.4 Å². The number of hydrogen-bond donors (Lipinski definition) is 1. The molecule has 0 unspecified atom stereocenters. The summed E-state index contributed by atoms with van der Waals surface area (Å²) in [6, 6.07) is 14.3. The first kappa shape index (κ1) is 19.3. The first-order chi connectivity index (χ1) is 13.5. The third-order valence-electron chi connectivity index (χ3n) is 4.10. The van der Waals surface area contributed by atoms with E-state index in [1.165, 1.54) is 10.5 Å². The summed E-state index contributed by atoms with van der Waals surface area (Å²) >= 11 is 0. The number of pyridine rings is 1. The molecule has 1 N–H and O–H groups in total. The molecule has 0 radical (unpaired) electrons. The van der Waals surface area contributed by atoms with E-state index in [0.717, 1.165) is 11.1 Å². The van der Waals surface area contributed by atoms with E-state index in [-0.39, 0.29) is 37.5 Å². The van der Waals surface area contributed by atoms with Crippen LogP contribution in [-0.4, -0.2) is 27.8 Å². The molecule has 3 rings (SSSR count). The van der Waals surface area contributed by atoms with Gasteiger partial charge in [-0.1, -0.05) is 36.4 Å². The number of amides is 1. The number of fused-ring (bicyclic) bond motifs is 1. The minimum atomic E-state index is -0.467. The number of carbonyl (C=O) groups excluding carboxylic acids is 2. The highest BCUT2D eigenvalue weighted by Crippen LogP contribution is 2.04. The van der Waals surface area contributed by atoms with Gasteiger partial charge in [-0.05, 0) is 24.1 Å². The molecule has 0 aliphatic rings. The van der Waals surface area contributed by atoms with E-state index in [1.54, 1.807) is 12.3 Å². The average molecular weight is 379 g/mol. The number of benzene rings is 1. The lowest BCUT2D eigenvalue weighted by atomic mass is 10.1. The summed E-state index contributed by atoms with van der Waals surface area (Å²) in [7, 11) is 0. The lowest BCUT2D eigenvalue weighted by Crippen LogP contribution is -2.28. The van der Waals surface area contributed by atoms with Crippen LogP contribution >= 0.6 is 0 Å². The summed E-state index contributed by atoms with van der Waals surface area (Å²) in [6.45, 7) is 1.99. The molecule has 7 nitrogen and oxygen atoms in total. The molecule has 0 fully saturated rings. The lowest BCUT2D eigenvalue weighted by Gasteiger charge is -2.07. The number of aromatic nitrogens is 2. The van der Waals surface area contributed by atoms with Crippen LogP contribution in [0.25, 0.3) is 5.65 Å². The van der Waals surface area contributed by atoms with Crippen LogP contribution < -0.4 is 10.9 Å². The number of ether oxygens (including phenoxy) is 1. The van der Waals surface area contributed by atoms with Crippen molar-refractivity contribution in [1.29, 1.82) is 0 Å². The Balaban J connectivity index is 1.45. The third kappa shape index (κ3) is 5.26. The topological polar surface area (TPSA) is 89.8 Å². The minimum Gasteiger partial charge on any atom is -0.459 e. The predicted octanol–water partition coefficient (Wildman–Crippen LogP) is 1.80. The van der Waals surface area contributed by atoms with E-state index in [1.807, 2.05) is 43.3 Å². The highest BCUT2D eigenvalue weighted by molar-refractivity contribution is 5.79. The van der Waals surface area contributed by atoms with Gasteiger partial charge in [0.1, 0.15) is 12.3 Å². The Labute approximate surface area is 162 Å². The van der Waals surface area contributed by atoms with Crippen LogP contribution in [0.1, 0.15) is 23.2 Å². The second-order valence-corrected chi connectivity index (χ2v) is 6.44. The fourth-order valence-corrected chi connectivity index (χ4v) is 2.71. The van der Waals surface area contributed by atoms with Gasteiger partial charge in [-0.15, -0.1) is 0 Å². The van der Waals surface area contributed by atoms with Crippen LogP contribution in [0.3, 0.4) is 0 Å². The summed E-state index contributed by atoms with van der Waals surface area (Å²) in [4.78, 5) is 40.2. The number of esters is 1.